The highest BCUT2D eigenvalue weighted by atomic mass is 127. The predicted octanol–water partition coefficient (Wildman–Crippen LogP) is 6.31. The SMILES string of the molecule is CCOC(=O)c1c(NC(=S)Nc2ccc(I)cc2)sc(C)c1-c1ccccc1. The van der Waals surface area contributed by atoms with Crippen molar-refractivity contribution in [1.29, 1.82) is 0 Å². The van der Waals surface area contributed by atoms with Gasteiger partial charge >= 0.3 is 5.97 Å². The Morgan fingerprint density at radius 3 is 2.43 bits per heavy atom. The summed E-state index contributed by atoms with van der Waals surface area (Å²) in [5.74, 6) is -0.356. The molecule has 28 heavy (non-hydrogen) atoms. The van der Waals surface area contributed by atoms with Gasteiger partial charge in [-0.25, -0.2) is 4.79 Å². The van der Waals surface area contributed by atoms with Crippen molar-refractivity contribution in [2.75, 3.05) is 17.2 Å². The van der Waals surface area contributed by atoms with Crippen LogP contribution in [0.1, 0.15) is 22.2 Å². The molecule has 3 aromatic rings. The van der Waals surface area contributed by atoms with Crippen LogP contribution in [0.4, 0.5) is 10.7 Å². The summed E-state index contributed by atoms with van der Waals surface area (Å²) in [5, 5.41) is 7.44. The third-order valence-electron chi connectivity index (χ3n) is 3.96. The van der Waals surface area contributed by atoms with Gasteiger partial charge in [0.15, 0.2) is 5.11 Å². The molecule has 0 radical (unpaired) electrons. The van der Waals surface area contributed by atoms with Gasteiger partial charge in [0.25, 0.3) is 0 Å². The molecule has 0 fully saturated rings. The van der Waals surface area contributed by atoms with E-state index in [9.17, 15) is 4.79 Å². The summed E-state index contributed by atoms with van der Waals surface area (Å²) in [6, 6.07) is 17.8. The van der Waals surface area contributed by atoms with Gasteiger partial charge in [-0.05, 0) is 78.5 Å². The monoisotopic (exact) mass is 522 g/mol. The van der Waals surface area contributed by atoms with E-state index in [0.29, 0.717) is 22.3 Å². The van der Waals surface area contributed by atoms with Gasteiger partial charge in [0.05, 0.1) is 6.61 Å². The standard InChI is InChI=1S/C21H19IN2O2S2/c1-3-26-20(25)18-17(14-7-5-4-6-8-14)13(2)28-19(18)24-21(27)23-16-11-9-15(22)10-12-16/h4-12H,3H2,1-2H3,(H2,23,24,27). The molecule has 1 aromatic heterocycles. The van der Waals surface area contributed by atoms with Crippen LogP contribution in [0.3, 0.4) is 0 Å². The van der Waals surface area contributed by atoms with Crippen LogP contribution in [0.2, 0.25) is 0 Å². The first-order chi connectivity index (χ1) is 13.5. The van der Waals surface area contributed by atoms with Crippen molar-refractivity contribution in [3.05, 3.63) is 68.6 Å². The molecule has 2 N–H and O–H groups in total. The van der Waals surface area contributed by atoms with Crippen molar-refractivity contribution >= 4 is 67.9 Å². The van der Waals surface area contributed by atoms with E-state index in [4.69, 9.17) is 17.0 Å². The molecule has 7 heteroatoms. The van der Waals surface area contributed by atoms with Gasteiger partial charge in [-0.1, -0.05) is 30.3 Å². The first-order valence-electron chi connectivity index (χ1n) is 8.69. The smallest absolute Gasteiger partial charge is 0.341 e. The van der Waals surface area contributed by atoms with Crippen molar-refractivity contribution in [3.63, 3.8) is 0 Å². The number of benzene rings is 2. The summed E-state index contributed by atoms with van der Waals surface area (Å²) in [6.07, 6.45) is 0. The third-order valence-corrected chi connectivity index (χ3v) is 5.90. The number of esters is 1. The zero-order valence-electron chi connectivity index (χ0n) is 15.4. The molecular formula is C21H19IN2O2S2. The summed E-state index contributed by atoms with van der Waals surface area (Å²) in [7, 11) is 0. The number of halogens is 1. The van der Waals surface area contributed by atoms with Crippen molar-refractivity contribution in [2.24, 2.45) is 0 Å². The van der Waals surface area contributed by atoms with Crippen LogP contribution in [0.5, 0.6) is 0 Å². The van der Waals surface area contributed by atoms with Crippen LogP contribution < -0.4 is 10.6 Å². The quantitative estimate of drug-likeness (QED) is 0.234. The number of carbonyl (C=O) groups is 1. The number of nitrogens with one attached hydrogen (secondary N) is 2. The Morgan fingerprint density at radius 2 is 1.79 bits per heavy atom. The van der Waals surface area contributed by atoms with E-state index in [1.807, 2.05) is 61.5 Å². The molecule has 0 spiro atoms. The number of hydrogen-bond acceptors (Lipinski definition) is 4. The second-order valence-electron chi connectivity index (χ2n) is 5.91. The molecule has 0 aliphatic heterocycles. The molecule has 0 bridgehead atoms. The summed E-state index contributed by atoms with van der Waals surface area (Å²) in [6.45, 7) is 4.11. The summed E-state index contributed by atoms with van der Waals surface area (Å²) in [4.78, 5) is 13.8. The maximum absolute atomic E-state index is 12.7. The molecule has 3 rings (SSSR count). The minimum atomic E-state index is -0.356. The largest absolute Gasteiger partial charge is 0.462 e. The summed E-state index contributed by atoms with van der Waals surface area (Å²) in [5.41, 5.74) is 3.25. The van der Waals surface area contributed by atoms with Gasteiger partial charge in [-0.3, -0.25) is 0 Å². The molecular weight excluding hydrogens is 503 g/mol. The maximum Gasteiger partial charge on any atom is 0.341 e. The van der Waals surface area contributed by atoms with Crippen molar-refractivity contribution in [2.45, 2.75) is 13.8 Å². The Bertz CT molecular complexity index is 986. The van der Waals surface area contributed by atoms with Gasteiger partial charge in [-0.15, -0.1) is 11.3 Å². The van der Waals surface area contributed by atoms with Crippen LogP contribution in [0.25, 0.3) is 11.1 Å². The van der Waals surface area contributed by atoms with E-state index in [0.717, 1.165) is 25.3 Å². The van der Waals surface area contributed by atoms with E-state index >= 15 is 0 Å². The van der Waals surface area contributed by atoms with Crippen molar-refractivity contribution in [1.82, 2.24) is 0 Å². The van der Waals surface area contributed by atoms with Crippen LogP contribution in [0.15, 0.2) is 54.6 Å². The Morgan fingerprint density at radius 1 is 1.11 bits per heavy atom. The lowest BCUT2D eigenvalue weighted by atomic mass is 10.0. The molecule has 2 aromatic carbocycles. The minimum Gasteiger partial charge on any atom is -0.462 e. The fraction of sp³-hybridized carbons (Fsp3) is 0.143. The lowest BCUT2D eigenvalue weighted by molar-refractivity contribution is 0.0529. The number of ether oxygens (including phenoxy) is 1. The molecule has 0 aliphatic rings. The predicted molar refractivity (Wildman–Crippen MR) is 129 cm³/mol. The number of thiophene rings is 1. The van der Waals surface area contributed by atoms with E-state index < -0.39 is 0 Å². The number of thiocarbonyl (C=S) groups is 1. The van der Waals surface area contributed by atoms with Crippen LogP contribution in [-0.4, -0.2) is 17.7 Å². The summed E-state index contributed by atoms with van der Waals surface area (Å²) < 4.78 is 6.47. The normalized spacial score (nSPS) is 10.4. The third kappa shape index (κ3) is 4.89. The molecule has 0 unspecified atom stereocenters. The van der Waals surface area contributed by atoms with Gasteiger partial charge in [0, 0.05) is 19.7 Å². The molecule has 0 amide bonds. The second-order valence-corrected chi connectivity index (χ2v) is 8.79. The molecule has 0 saturated heterocycles. The second kappa shape index (κ2) is 9.49. The molecule has 0 aliphatic carbocycles. The van der Waals surface area contributed by atoms with E-state index in [1.165, 1.54) is 11.3 Å². The van der Waals surface area contributed by atoms with Gasteiger partial charge in [-0.2, -0.15) is 0 Å². The average molecular weight is 522 g/mol. The first kappa shape index (κ1) is 20.8. The van der Waals surface area contributed by atoms with Crippen LogP contribution in [-0.2, 0) is 4.74 Å². The summed E-state index contributed by atoms with van der Waals surface area (Å²) >= 11 is 9.21. The van der Waals surface area contributed by atoms with Gasteiger partial charge < -0.3 is 15.4 Å². The highest BCUT2D eigenvalue weighted by Crippen LogP contribution is 2.40. The Hall–Kier alpha value is -1.97. The molecule has 4 nitrogen and oxygen atoms in total. The molecule has 0 saturated carbocycles. The Kier molecular flexibility index (Phi) is 7.03. The number of aryl methyl sites for hydroxylation is 1. The minimum absolute atomic E-state index is 0.312. The van der Waals surface area contributed by atoms with Crippen LogP contribution in [0, 0.1) is 10.5 Å². The fourth-order valence-electron chi connectivity index (χ4n) is 2.78. The van der Waals surface area contributed by atoms with E-state index in [1.54, 1.807) is 6.92 Å². The number of anilines is 2. The van der Waals surface area contributed by atoms with E-state index in [-0.39, 0.29) is 5.97 Å². The average Bonchev–Trinajstić information content (AvgIpc) is 3.00. The van der Waals surface area contributed by atoms with Crippen LogP contribution >= 0.6 is 46.1 Å². The topological polar surface area (TPSA) is 50.4 Å². The van der Waals surface area contributed by atoms with E-state index in [2.05, 4.69) is 33.2 Å². The highest BCUT2D eigenvalue weighted by Gasteiger charge is 2.24. The highest BCUT2D eigenvalue weighted by molar-refractivity contribution is 14.1. The fourth-order valence-corrected chi connectivity index (χ4v) is 4.49. The Labute approximate surface area is 187 Å². The molecule has 1 heterocycles. The molecule has 144 valence electrons. The maximum atomic E-state index is 12.7. The van der Waals surface area contributed by atoms with Gasteiger partial charge in [0.2, 0.25) is 0 Å². The Balaban J connectivity index is 1.92. The lowest BCUT2D eigenvalue weighted by Crippen LogP contribution is -2.20. The van der Waals surface area contributed by atoms with Gasteiger partial charge in [0.1, 0.15) is 10.6 Å². The number of hydrogen-bond donors (Lipinski definition) is 2. The zero-order valence-corrected chi connectivity index (χ0v) is 19.2. The number of rotatable bonds is 5. The first-order valence-corrected chi connectivity index (χ1v) is 11.0. The number of carbonyl (C=O) groups excluding carboxylic acids is 1. The zero-order chi connectivity index (χ0) is 20.1. The molecule has 0 atom stereocenters. The van der Waals surface area contributed by atoms with Crippen molar-refractivity contribution < 1.29 is 9.53 Å². The van der Waals surface area contributed by atoms with Crippen molar-refractivity contribution in [3.8, 4) is 11.1 Å². The lowest BCUT2D eigenvalue weighted by Gasteiger charge is -2.12.